The minimum atomic E-state index is -1.79. The molecule has 0 aromatic heterocycles. The third-order valence-electron chi connectivity index (χ3n) is 2.86. The minimum absolute atomic E-state index is 0.115. The molecular formula is C15H15BrO4. The highest BCUT2D eigenvalue weighted by atomic mass is 79.9. The summed E-state index contributed by atoms with van der Waals surface area (Å²) >= 11 is 3.28. The van der Waals surface area contributed by atoms with Gasteiger partial charge in [0.2, 0.25) is 5.41 Å². The molecule has 20 heavy (non-hydrogen) atoms. The van der Waals surface area contributed by atoms with E-state index in [-0.39, 0.29) is 13.0 Å². The van der Waals surface area contributed by atoms with Gasteiger partial charge in [0.25, 0.3) is 0 Å². The van der Waals surface area contributed by atoms with E-state index in [0.29, 0.717) is 5.56 Å². The lowest BCUT2D eigenvalue weighted by Gasteiger charge is -2.25. The van der Waals surface area contributed by atoms with Crippen molar-refractivity contribution in [1.29, 1.82) is 0 Å². The number of carbonyl (C=O) groups excluding carboxylic acids is 1. The van der Waals surface area contributed by atoms with Gasteiger partial charge >= 0.3 is 11.9 Å². The van der Waals surface area contributed by atoms with Crippen LogP contribution in [0, 0.1) is 11.8 Å². The Balaban J connectivity index is 3.42. The summed E-state index contributed by atoms with van der Waals surface area (Å²) in [5.74, 6) is 3.25. The molecule has 0 aliphatic heterocycles. The third kappa shape index (κ3) is 3.20. The maximum atomic E-state index is 12.2. The normalized spacial score (nSPS) is 12.8. The van der Waals surface area contributed by atoms with E-state index in [4.69, 9.17) is 4.74 Å². The van der Waals surface area contributed by atoms with Crippen LogP contribution in [-0.4, -0.2) is 23.7 Å². The van der Waals surface area contributed by atoms with Crippen molar-refractivity contribution in [1.82, 2.24) is 0 Å². The van der Waals surface area contributed by atoms with Crippen molar-refractivity contribution in [3.8, 4) is 11.8 Å². The van der Waals surface area contributed by atoms with Crippen LogP contribution in [-0.2, 0) is 19.7 Å². The van der Waals surface area contributed by atoms with E-state index in [1.165, 1.54) is 0 Å². The Hall–Kier alpha value is -1.80. The topological polar surface area (TPSA) is 63.6 Å². The molecule has 0 aliphatic rings. The van der Waals surface area contributed by atoms with Crippen LogP contribution in [0.4, 0.5) is 0 Å². The first kappa shape index (κ1) is 16.3. The van der Waals surface area contributed by atoms with E-state index >= 15 is 0 Å². The molecule has 0 fully saturated rings. The predicted molar refractivity (Wildman–Crippen MR) is 78.2 cm³/mol. The third-order valence-corrected chi connectivity index (χ3v) is 3.39. The molecule has 5 heteroatoms. The molecule has 0 saturated heterocycles. The molecule has 1 unspecified atom stereocenters. The summed E-state index contributed by atoms with van der Waals surface area (Å²) in [6, 6.07) is 6.55. The number of hydrogen-bond donors (Lipinski definition) is 1. The summed E-state index contributed by atoms with van der Waals surface area (Å²) in [7, 11) is 0. The van der Waals surface area contributed by atoms with Crippen LogP contribution in [0.15, 0.2) is 28.7 Å². The van der Waals surface area contributed by atoms with Crippen LogP contribution >= 0.6 is 15.9 Å². The lowest BCUT2D eigenvalue weighted by atomic mass is 9.77. The number of ether oxygens (including phenoxy) is 1. The van der Waals surface area contributed by atoms with E-state index in [0.717, 1.165) is 4.47 Å². The monoisotopic (exact) mass is 338 g/mol. The van der Waals surface area contributed by atoms with Gasteiger partial charge in [-0.2, -0.15) is 0 Å². The second-order valence-corrected chi connectivity index (χ2v) is 4.96. The van der Waals surface area contributed by atoms with Crippen LogP contribution in [0.25, 0.3) is 0 Å². The van der Waals surface area contributed by atoms with Crippen LogP contribution in [0.2, 0.25) is 0 Å². The number of carbonyl (C=O) groups is 2. The molecule has 0 amide bonds. The number of carboxylic acid groups (broad SMARTS) is 1. The molecule has 106 valence electrons. The molecule has 0 saturated carbocycles. The Labute approximate surface area is 126 Å². The smallest absolute Gasteiger partial charge is 0.329 e. The molecule has 0 radical (unpaired) electrons. The van der Waals surface area contributed by atoms with Crippen molar-refractivity contribution >= 4 is 27.9 Å². The number of hydrogen-bond acceptors (Lipinski definition) is 3. The first-order valence-corrected chi connectivity index (χ1v) is 6.84. The zero-order chi connectivity index (χ0) is 15.2. The first-order chi connectivity index (χ1) is 9.48. The molecule has 0 aliphatic carbocycles. The fraction of sp³-hybridized carbons (Fsp3) is 0.333. The first-order valence-electron chi connectivity index (χ1n) is 6.05. The second kappa shape index (κ2) is 7.11. The molecule has 1 rings (SSSR count). The summed E-state index contributed by atoms with van der Waals surface area (Å²) in [4.78, 5) is 24.0. The Kier molecular flexibility index (Phi) is 5.78. The summed E-state index contributed by atoms with van der Waals surface area (Å²) < 4.78 is 5.75. The summed E-state index contributed by atoms with van der Waals surface area (Å²) in [6.07, 6.45) is -0.126. The highest BCUT2D eigenvalue weighted by molar-refractivity contribution is 9.10. The average Bonchev–Trinajstić information content (AvgIpc) is 2.41. The number of benzene rings is 1. The highest BCUT2D eigenvalue weighted by Crippen LogP contribution is 2.31. The average molecular weight is 339 g/mol. The van der Waals surface area contributed by atoms with Gasteiger partial charge in [0, 0.05) is 10.9 Å². The molecule has 0 spiro atoms. The predicted octanol–water partition coefficient (Wildman–Crippen LogP) is 2.75. The van der Waals surface area contributed by atoms with Gasteiger partial charge in [0.05, 0.1) is 6.61 Å². The van der Waals surface area contributed by atoms with Crippen molar-refractivity contribution in [2.75, 3.05) is 6.61 Å². The van der Waals surface area contributed by atoms with Crippen molar-refractivity contribution in [2.45, 2.75) is 25.7 Å². The van der Waals surface area contributed by atoms with Crippen molar-refractivity contribution < 1.29 is 19.4 Å². The van der Waals surface area contributed by atoms with E-state index in [9.17, 15) is 14.7 Å². The Morgan fingerprint density at radius 3 is 2.40 bits per heavy atom. The molecule has 1 N–H and O–H groups in total. The Bertz CT molecular complexity index is 553. The van der Waals surface area contributed by atoms with E-state index in [2.05, 4.69) is 27.8 Å². The second-order valence-electron chi connectivity index (χ2n) is 4.04. The van der Waals surface area contributed by atoms with Crippen LogP contribution in [0.5, 0.6) is 0 Å². The van der Waals surface area contributed by atoms with Crippen LogP contribution in [0.1, 0.15) is 25.8 Å². The number of carboxylic acids is 1. The number of esters is 1. The van der Waals surface area contributed by atoms with Gasteiger partial charge in [0.15, 0.2) is 0 Å². The van der Waals surface area contributed by atoms with Gasteiger partial charge in [-0.3, -0.25) is 9.59 Å². The number of halogens is 1. The van der Waals surface area contributed by atoms with Crippen molar-refractivity contribution in [2.24, 2.45) is 0 Å². The Morgan fingerprint density at radius 1 is 1.35 bits per heavy atom. The minimum Gasteiger partial charge on any atom is -0.480 e. The van der Waals surface area contributed by atoms with Gasteiger partial charge in [-0.1, -0.05) is 28.1 Å². The van der Waals surface area contributed by atoms with Crippen LogP contribution < -0.4 is 0 Å². The van der Waals surface area contributed by atoms with Gasteiger partial charge < -0.3 is 9.84 Å². The van der Waals surface area contributed by atoms with E-state index < -0.39 is 17.4 Å². The quantitative estimate of drug-likeness (QED) is 0.509. The highest BCUT2D eigenvalue weighted by Gasteiger charge is 2.49. The molecule has 4 nitrogen and oxygen atoms in total. The molecule has 1 aromatic rings. The maximum Gasteiger partial charge on any atom is 0.329 e. The van der Waals surface area contributed by atoms with E-state index in [1.807, 2.05) is 0 Å². The van der Waals surface area contributed by atoms with Gasteiger partial charge in [-0.15, -0.1) is 11.8 Å². The maximum absolute atomic E-state index is 12.2. The van der Waals surface area contributed by atoms with Gasteiger partial charge in [-0.25, -0.2) is 0 Å². The van der Waals surface area contributed by atoms with E-state index in [1.54, 1.807) is 38.1 Å². The summed E-state index contributed by atoms with van der Waals surface area (Å²) in [6.45, 7) is 3.35. The largest absolute Gasteiger partial charge is 0.480 e. The summed E-state index contributed by atoms with van der Waals surface area (Å²) in [5.41, 5.74) is -1.44. The molecule has 1 atom stereocenters. The molecule has 0 bridgehead atoms. The standard InChI is InChI=1S/C15H15BrO4/c1-3-5-10-15(13(17)18,14(19)20-4-2)11-6-8-12(16)9-7-11/h6-9H,4,10H2,1-2H3,(H,17,18). The lowest BCUT2D eigenvalue weighted by Crippen LogP contribution is -2.44. The van der Waals surface area contributed by atoms with Gasteiger partial charge in [-0.05, 0) is 31.5 Å². The molecule has 1 aromatic carbocycles. The van der Waals surface area contributed by atoms with Crippen molar-refractivity contribution in [3.63, 3.8) is 0 Å². The number of rotatable bonds is 5. The zero-order valence-electron chi connectivity index (χ0n) is 11.3. The SMILES string of the molecule is CC#CCC(C(=O)O)(C(=O)OCC)c1ccc(Br)cc1. The van der Waals surface area contributed by atoms with Crippen LogP contribution in [0.3, 0.4) is 0 Å². The number of aliphatic carboxylic acids is 1. The zero-order valence-corrected chi connectivity index (χ0v) is 12.9. The van der Waals surface area contributed by atoms with Crippen molar-refractivity contribution in [3.05, 3.63) is 34.3 Å². The lowest BCUT2D eigenvalue weighted by molar-refractivity contribution is -0.161. The Morgan fingerprint density at radius 2 is 1.95 bits per heavy atom. The molecular weight excluding hydrogens is 324 g/mol. The summed E-state index contributed by atoms with van der Waals surface area (Å²) in [5, 5.41) is 9.59. The fourth-order valence-corrected chi connectivity index (χ4v) is 2.05. The molecule has 0 heterocycles. The van der Waals surface area contributed by atoms with Gasteiger partial charge in [0.1, 0.15) is 0 Å². The fourth-order valence-electron chi connectivity index (χ4n) is 1.79.